The van der Waals surface area contributed by atoms with E-state index in [1.54, 1.807) is 0 Å². The number of allylic oxidation sites excluding steroid dienone is 1. The van der Waals surface area contributed by atoms with E-state index in [2.05, 4.69) is 13.8 Å². The minimum Gasteiger partial charge on any atom is -0.458 e. The molecule has 4 heteroatoms. The summed E-state index contributed by atoms with van der Waals surface area (Å²) in [6.45, 7) is 4.69. The van der Waals surface area contributed by atoms with Crippen molar-refractivity contribution < 1.29 is 19.1 Å². The van der Waals surface area contributed by atoms with Gasteiger partial charge in [-0.05, 0) is 91.6 Å². The number of benzene rings is 1. The molecule has 0 amide bonds. The lowest BCUT2D eigenvalue weighted by Crippen LogP contribution is -2.51. The van der Waals surface area contributed by atoms with Crippen LogP contribution >= 0.6 is 0 Å². The normalized spacial score (nSPS) is 36.6. The number of esters is 1. The van der Waals surface area contributed by atoms with Crippen molar-refractivity contribution in [1.29, 1.82) is 0 Å². The summed E-state index contributed by atoms with van der Waals surface area (Å²) in [6.07, 6.45) is 11.0. The molecule has 4 unspecified atom stereocenters. The first-order valence-electron chi connectivity index (χ1n) is 13.3. The van der Waals surface area contributed by atoms with Crippen molar-refractivity contribution in [2.24, 2.45) is 34.5 Å². The Kier molecular flexibility index (Phi) is 6.29. The lowest BCUT2D eigenvalue weighted by Gasteiger charge is -2.58. The van der Waals surface area contributed by atoms with Crippen molar-refractivity contribution in [3.05, 3.63) is 47.5 Å². The second kappa shape index (κ2) is 9.09. The molecular weight excluding hydrogens is 424 g/mol. The summed E-state index contributed by atoms with van der Waals surface area (Å²) in [6, 6.07) is 9.90. The van der Waals surface area contributed by atoms with Crippen LogP contribution in [0.3, 0.4) is 0 Å². The predicted octanol–water partition coefficient (Wildman–Crippen LogP) is 5.88. The van der Waals surface area contributed by atoms with Gasteiger partial charge in [-0.25, -0.2) is 0 Å². The Morgan fingerprint density at radius 1 is 1.00 bits per heavy atom. The molecule has 5 rings (SSSR count). The maximum Gasteiger partial charge on any atom is 0.306 e. The van der Waals surface area contributed by atoms with E-state index in [-0.39, 0.29) is 40.9 Å². The van der Waals surface area contributed by atoms with Crippen molar-refractivity contribution in [2.45, 2.75) is 78.1 Å². The Balaban J connectivity index is 1.25. The molecule has 4 aliphatic carbocycles. The molecule has 0 radical (unpaired) electrons. The molecule has 6 atom stereocenters. The molecule has 34 heavy (non-hydrogen) atoms. The van der Waals surface area contributed by atoms with E-state index in [0.29, 0.717) is 37.0 Å². The standard InChI is InChI=1S/C30H38O4/c1-29-15-13-24(26(32)19-34-27(33)11-8-20-6-4-3-5-7-20)28(29)23-10-9-21-18-22(31)12-17-30(21,2)25(23)14-16-29/h3-7,18,23-25,28H,8-17,19H2,1-2H3/t23?,24?,25?,28?,29-,30-/m1/s1. The third-order valence-electron chi connectivity index (χ3n) is 10.0. The Morgan fingerprint density at radius 2 is 1.76 bits per heavy atom. The molecule has 1 aromatic carbocycles. The fourth-order valence-electron chi connectivity index (χ4n) is 8.21. The topological polar surface area (TPSA) is 60.4 Å². The number of aryl methyl sites for hydroxylation is 1. The van der Waals surface area contributed by atoms with Gasteiger partial charge in [0, 0.05) is 18.8 Å². The monoisotopic (exact) mass is 462 g/mol. The van der Waals surface area contributed by atoms with E-state index in [0.717, 1.165) is 44.1 Å². The van der Waals surface area contributed by atoms with Crippen LogP contribution in [0.15, 0.2) is 42.0 Å². The van der Waals surface area contributed by atoms with Crippen LogP contribution in [-0.4, -0.2) is 24.1 Å². The van der Waals surface area contributed by atoms with E-state index in [1.165, 1.54) is 12.0 Å². The fraction of sp³-hybridized carbons (Fsp3) is 0.633. The molecule has 0 aliphatic heterocycles. The largest absolute Gasteiger partial charge is 0.458 e. The van der Waals surface area contributed by atoms with E-state index in [4.69, 9.17) is 4.74 Å². The van der Waals surface area contributed by atoms with Gasteiger partial charge in [-0.1, -0.05) is 49.8 Å². The molecule has 0 N–H and O–H groups in total. The van der Waals surface area contributed by atoms with Gasteiger partial charge in [-0.3, -0.25) is 14.4 Å². The van der Waals surface area contributed by atoms with Gasteiger partial charge < -0.3 is 4.74 Å². The first kappa shape index (κ1) is 23.5. The highest BCUT2D eigenvalue weighted by Crippen LogP contribution is 2.66. The van der Waals surface area contributed by atoms with Crippen molar-refractivity contribution in [2.75, 3.05) is 6.61 Å². The Morgan fingerprint density at radius 3 is 2.56 bits per heavy atom. The lowest BCUT2D eigenvalue weighted by atomic mass is 9.46. The first-order valence-corrected chi connectivity index (χ1v) is 13.3. The molecule has 0 heterocycles. The second-order valence-corrected chi connectivity index (χ2v) is 11.8. The van der Waals surface area contributed by atoms with Gasteiger partial charge in [0.2, 0.25) is 0 Å². The molecule has 4 nitrogen and oxygen atoms in total. The number of rotatable bonds is 6. The summed E-state index contributed by atoms with van der Waals surface area (Å²) in [4.78, 5) is 37.8. The van der Waals surface area contributed by atoms with E-state index in [9.17, 15) is 14.4 Å². The Hall–Kier alpha value is -2.23. The van der Waals surface area contributed by atoms with Crippen LogP contribution in [0.1, 0.15) is 77.2 Å². The predicted molar refractivity (Wildman–Crippen MR) is 131 cm³/mol. The number of ketones is 2. The summed E-state index contributed by atoms with van der Waals surface area (Å²) < 4.78 is 5.47. The Labute approximate surface area is 203 Å². The van der Waals surface area contributed by atoms with Gasteiger partial charge in [0.1, 0.15) is 6.61 Å². The van der Waals surface area contributed by atoms with Crippen molar-refractivity contribution in [3.8, 4) is 0 Å². The number of hydrogen-bond donors (Lipinski definition) is 0. The number of hydrogen-bond acceptors (Lipinski definition) is 4. The number of carbonyl (C=O) groups excluding carboxylic acids is 3. The zero-order chi connectivity index (χ0) is 23.9. The Bertz CT molecular complexity index is 994. The molecule has 1 aromatic rings. The first-order chi connectivity index (χ1) is 16.3. The molecular formula is C30H38O4. The second-order valence-electron chi connectivity index (χ2n) is 11.8. The van der Waals surface area contributed by atoms with Crippen LogP contribution in [0.2, 0.25) is 0 Å². The third kappa shape index (κ3) is 4.18. The zero-order valence-corrected chi connectivity index (χ0v) is 20.7. The zero-order valence-electron chi connectivity index (χ0n) is 20.7. The average molecular weight is 463 g/mol. The number of carbonyl (C=O) groups is 3. The van der Waals surface area contributed by atoms with Crippen molar-refractivity contribution in [3.63, 3.8) is 0 Å². The maximum absolute atomic E-state index is 13.4. The quantitative estimate of drug-likeness (QED) is 0.495. The van der Waals surface area contributed by atoms with Gasteiger partial charge in [-0.15, -0.1) is 0 Å². The van der Waals surface area contributed by atoms with E-state index >= 15 is 0 Å². The van der Waals surface area contributed by atoms with Gasteiger partial charge in [0.05, 0.1) is 0 Å². The van der Waals surface area contributed by atoms with Crippen molar-refractivity contribution >= 4 is 17.5 Å². The smallest absolute Gasteiger partial charge is 0.306 e. The summed E-state index contributed by atoms with van der Waals surface area (Å²) in [5.74, 6) is 1.57. The fourth-order valence-corrected chi connectivity index (χ4v) is 8.21. The molecule has 4 aliphatic rings. The molecule has 182 valence electrons. The lowest BCUT2D eigenvalue weighted by molar-refractivity contribution is -0.150. The van der Waals surface area contributed by atoms with Crippen LogP contribution in [0.5, 0.6) is 0 Å². The minimum absolute atomic E-state index is 0.000856. The average Bonchev–Trinajstić information content (AvgIpc) is 3.20. The summed E-state index contributed by atoms with van der Waals surface area (Å²) in [5.41, 5.74) is 2.79. The summed E-state index contributed by atoms with van der Waals surface area (Å²) in [5, 5.41) is 0. The van der Waals surface area contributed by atoms with Gasteiger partial charge >= 0.3 is 5.97 Å². The number of Topliss-reactive ketones (excluding diaryl/α,β-unsaturated/α-hetero) is 1. The highest BCUT2D eigenvalue weighted by Gasteiger charge is 2.59. The highest BCUT2D eigenvalue weighted by molar-refractivity contribution is 5.91. The van der Waals surface area contributed by atoms with E-state index < -0.39 is 0 Å². The van der Waals surface area contributed by atoms with Gasteiger partial charge in [0.15, 0.2) is 11.6 Å². The number of ether oxygens (including phenoxy) is 1. The van der Waals surface area contributed by atoms with Crippen molar-refractivity contribution in [1.82, 2.24) is 0 Å². The molecule has 3 saturated carbocycles. The molecule has 0 aromatic heterocycles. The third-order valence-corrected chi connectivity index (χ3v) is 10.0. The number of fused-ring (bicyclic) bond motifs is 5. The maximum atomic E-state index is 13.4. The van der Waals surface area contributed by atoms with Crippen LogP contribution < -0.4 is 0 Å². The van der Waals surface area contributed by atoms with Crippen LogP contribution in [0, 0.1) is 34.5 Å². The molecule has 0 saturated heterocycles. The van der Waals surface area contributed by atoms with Crippen LogP contribution in [0.4, 0.5) is 0 Å². The van der Waals surface area contributed by atoms with Crippen LogP contribution in [0.25, 0.3) is 0 Å². The van der Waals surface area contributed by atoms with Gasteiger partial charge in [-0.2, -0.15) is 0 Å². The van der Waals surface area contributed by atoms with Crippen LogP contribution in [-0.2, 0) is 25.5 Å². The summed E-state index contributed by atoms with van der Waals surface area (Å²) >= 11 is 0. The SMILES string of the molecule is C[C@]12CCC(C(=O)COC(=O)CCc3ccccc3)C1C1CCC3=CC(=O)CC[C@@]3(C)C1CC2. The van der Waals surface area contributed by atoms with E-state index in [1.807, 2.05) is 36.4 Å². The summed E-state index contributed by atoms with van der Waals surface area (Å²) in [7, 11) is 0. The molecule has 0 bridgehead atoms. The minimum atomic E-state index is -0.286. The highest BCUT2D eigenvalue weighted by atomic mass is 16.5. The van der Waals surface area contributed by atoms with Gasteiger partial charge in [0.25, 0.3) is 0 Å². The molecule has 3 fully saturated rings. The molecule has 0 spiro atoms.